The minimum atomic E-state index is -2.76. The van der Waals surface area contributed by atoms with Gasteiger partial charge in [0, 0.05) is 0 Å². The van der Waals surface area contributed by atoms with Crippen LogP contribution in [0.15, 0.2) is 22.6 Å². The number of fused-ring (bicyclic) bond motifs is 1. The van der Waals surface area contributed by atoms with Crippen molar-refractivity contribution in [2.75, 3.05) is 0 Å². The van der Waals surface area contributed by atoms with Gasteiger partial charge in [0.05, 0.1) is 5.56 Å². The maximum atomic E-state index is 12.2. The van der Waals surface area contributed by atoms with Crippen LogP contribution in [0.5, 0.6) is 0 Å². The molecule has 0 radical (unpaired) electrons. The van der Waals surface area contributed by atoms with Gasteiger partial charge in [-0.2, -0.15) is 8.78 Å². The normalized spacial score (nSPS) is 11.1. The molecule has 0 saturated heterocycles. The summed E-state index contributed by atoms with van der Waals surface area (Å²) in [5.74, 6) is -0.658. The number of benzene rings is 1. The molecule has 0 bridgehead atoms. The van der Waals surface area contributed by atoms with E-state index < -0.39 is 12.3 Å². The Morgan fingerprint density at radius 3 is 2.86 bits per heavy atom. The molecule has 14 heavy (non-hydrogen) atoms. The second-order valence-corrected chi connectivity index (χ2v) is 2.67. The highest BCUT2D eigenvalue weighted by Gasteiger charge is 2.16. The smallest absolute Gasteiger partial charge is 0.313 e. The van der Waals surface area contributed by atoms with Crippen molar-refractivity contribution in [2.24, 2.45) is 0 Å². The molecule has 0 atom stereocenters. The molecule has 5 heteroatoms. The Hall–Kier alpha value is -1.78. The first-order chi connectivity index (χ1) is 6.72. The average molecular weight is 197 g/mol. The Morgan fingerprint density at radius 2 is 2.21 bits per heavy atom. The lowest BCUT2D eigenvalue weighted by atomic mass is 10.2. The number of nitrogens with zero attached hydrogens (tertiary/aromatic N) is 1. The number of carbonyl (C=O) groups is 1. The molecule has 0 spiro atoms. The summed E-state index contributed by atoms with van der Waals surface area (Å²) in [4.78, 5) is 14.1. The van der Waals surface area contributed by atoms with Crippen molar-refractivity contribution in [1.29, 1.82) is 0 Å². The molecule has 2 aromatic rings. The molecule has 0 aliphatic carbocycles. The predicted molar refractivity (Wildman–Crippen MR) is 44.4 cm³/mol. The molecule has 0 aliphatic heterocycles. The van der Waals surface area contributed by atoms with Crippen molar-refractivity contribution in [3.05, 3.63) is 29.7 Å². The third-order valence-electron chi connectivity index (χ3n) is 1.78. The van der Waals surface area contributed by atoms with Gasteiger partial charge in [-0.25, -0.2) is 4.98 Å². The molecule has 1 aromatic carbocycles. The van der Waals surface area contributed by atoms with E-state index in [4.69, 9.17) is 4.42 Å². The lowest BCUT2D eigenvalue weighted by Gasteiger charge is -1.89. The Labute approximate surface area is 77.3 Å². The number of aromatic nitrogens is 1. The molecule has 72 valence electrons. The van der Waals surface area contributed by atoms with Gasteiger partial charge in [0.25, 0.3) is 5.89 Å². The number of hydrogen-bond donors (Lipinski definition) is 0. The maximum absolute atomic E-state index is 12.2. The van der Waals surface area contributed by atoms with Crippen molar-refractivity contribution < 1.29 is 18.0 Å². The van der Waals surface area contributed by atoms with Gasteiger partial charge in [0.1, 0.15) is 5.52 Å². The summed E-state index contributed by atoms with van der Waals surface area (Å²) in [5.41, 5.74) is 0.601. The standard InChI is InChI=1S/C9H5F2NO2/c10-8(11)9-12-6-3-1-2-5(4-13)7(6)14-9/h1-4,8H. The zero-order valence-electron chi connectivity index (χ0n) is 6.91. The van der Waals surface area contributed by atoms with Crippen LogP contribution in [0, 0.1) is 0 Å². The third-order valence-corrected chi connectivity index (χ3v) is 1.78. The highest BCUT2D eigenvalue weighted by atomic mass is 19.3. The lowest BCUT2D eigenvalue weighted by molar-refractivity contribution is 0.111. The molecular weight excluding hydrogens is 192 g/mol. The van der Waals surface area contributed by atoms with Gasteiger partial charge in [-0.3, -0.25) is 4.79 Å². The van der Waals surface area contributed by atoms with E-state index >= 15 is 0 Å². The molecule has 0 unspecified atom stereocenters. The number of carbonyl (C=O) groups excluding carboxylic acids is 1. The lowest BCUT2D eigenvalue weighted by Crippen LogP contribution is -1.80. The molecule has 1 aromatic heterocycles. The van der Waals surface area contributed by atoms with Crippen LogP contribution in [0.25, 0.3) is 11.1 Å². The van der Waals surface area contributed by atoms with Gasteiger partial charge < -0.3 is 4.42 Å². The minimum Gasteiger partial charge on any atom is -0.434 e. The molecule has 0 fully saturated rings. The average Bonchev–Trinajstić information content (AvgIpc) is 2.60. The van der Waals surface area contributed by atoms with Gasteiger partial charge in [-0.1, -0.05) is 6.07 Å². The monoisotopic (exact) mass is 197 g/mol. The number of rotatable bonds is 2. The number of aldehydes is 1. The molecule has 0 aliphatic rings. The van der Waals surface area contributed by atoms with Gasteiger partial charge in [0.2, 0.25) is 0 Å². The summed E-state index contributed by atoms with van der Waals surface area (Å²) < 4.78 is 29.2. The van der Waals surface area contributed by atoms with Crippen LogP contribution in [0.4, 0.5) is 8.78 Å². The van der Waals surface area contributed by atoms with E-state index in [1.165, 1.54) is 12.1 Å². The van der Waals surface area contributed by atoms with Gasteiger partial charge >= 0.3 is 6.43 Å². The summed E-state index contributed by atoms with van der Waals surface area (Å²) in [5, 5.41) is 0. The molecular formula is C9H5F2NO2. The number of oxazole rings is 1. The van der Waals surface area contributed by atoms with E-state index in [1.54, 1.807) is 6.07 Å². The van der Waals surface area contributed by atoms with Crippen LogP contribution >= 0.6 is 0 Å². The van der Waals surface area contributed by atoms with E-state index in [9.17, 15) is 13.6 Å². The quantitative estimate of drug-likeness (QED) is 0.695. The summed E-state index contributed by atoms with van der Waals surface area (Å²) in [6, 6.07) is 4.55. The number of alkyl halides is 2. The van der Waals surface area contributed by atoms with E-state index in [0.29, 0.717) is 6.29 Å². The highest BCUT2D eigenvalue weighted by Crippen LogP contribution is 2.24. The van der Waals surface area contributed by atoms with E-state index in [2.05, 4.69) is 4.98 Å². The van der Waals surface area contributed by atoms with Crippen molar-refractivity contribution >= 4 is 17.4 Å². The first-order valence-electron chi connectivity index (χ1n) is 3.85. The van der Waals surface area contributed by atoms with Crippen molar-refractivity contribution in [3.8, 4) is 0 Å². The van der Waals surface area contributed by atoms with Crippen molar-refractivity contribution in [3.63, 3.8) is 0 Å². The first-order valence-corrected chi connectivity index (χ1v) is 3.85. The summed E-state index contributed by atoms with van der Waals surface area (Å²) in [7, 11) is 0. The summed E-state index contributed by atoms with van der Waals surface area (Å²) >= 11 is 0. The van der Waals surface area contributed by atoms with Crippen LogP contribution in [0.1, 0.15) is 22.7 Å². The van der Waals surface area contributed by atoms with Gasteiger partial charge in [-0.15, -0.1) is 0 Å². The number of halogens is 2. The zero-order chi connectivity index (χ0) is 10.1. The fourth-order valence-corrected chi connectivity index (χ4v) is 1.17. The Bertz CT molecular complexity index is 479. The fraction of sp³-hybridized carbons (Fsp3) is 0.111. The van der Waals surface area contributed by atoms with Gasteiger partial charge in [0.15, 0.2) is 11.9 Å². The van der Waals surface area contributed by atoms with Crippen LogP contribution in [0.3, 0.4) is 0 Å². The molecule has 2 rings (SSSR count). The second kappa shape index (κ2) is 3.17. The maximum Gasteiger partial charge on any atom is 0.313 e. The molecule has 1 heterocycles. The topological polar surface area (TPSA) is 43.1 Å². The first kappa shape index (κ1) is 8.80. The van der Waals surface area contributed by atoms with Crippen molar-refractivity contribution in [1.82, 2.24) is 4.98 Å². The summed E-state index contributed by atoms with van der Waals surface area (Å²) in [6.45, 7) is 0. The van der Waals surface area contributed by atoms with Gasteiger partial charge in [-0.05, 0) is 12.1 Å². The molecule has 0 amide bonds. The molecule has 0 saturated carbocycles. The Kier molecular flexibility index (Phi) is 1.99. The minimum absolute atomic E-state index is 0.109. The Balaban J connectivity index is 2.70. The fourth-order valence-electron chi connectivity index (χ4n) is 1.17. The van der Waals surface area contributed by atoms with Crippen LogP contribution in [-0.4, -0.2) is 11.3 Å². The van der Waals surface area contributed by atoms with E-state index in [1.807, 2.05) is 0 Å². The van der Waals surface area contributed by atoms with Crippen molar-refractivity contribution in [2.45, 2.75) is 6.43 Å². The van der Waals surface area contributed by atoms with Crippen LogP contribution in [-0.2, 0) is 0 Å². The predicted octanol–water partition coefficient (Wildman–Crippen LogP) is 2.58. The third kappa shape index (κ3) is 1.26. The number of para-hydroxylation sites is 1. The second-order valence-electron chi connectivity index (χ2n) is 2.67. The highest BCUT2D eigenvalue weighted by molar-refractivity contribution is 5.92. The molecule has 3 nitrogen and oxygen atoms in total. The molecule has 0 N–H and O–H groups in total. The van der Waals surface area contributed by atoms with Crippen LogP contribution < -0.4 is 0 Å². The largest absolute Gasteiger partial charge is 0.434 e. The van der Waals surface area contributed by atoms with E-state index in [0.717, 1.165) is 0 Å². The number of hydrogen-bond acceptors (Lipinski definition) is 3. The summed E-state index contributed by atoms with van der Waals surface area (Å²) in [6.07, 6.45) is -2.22. The van der Waals surface area contributed by atoms with Crippen LogP contribution in [0.2, 0.25) is 0 Å². The van der Waals surface area contributed by atoms with E-state index in [-0.39, 0.29) is 16.7 Å². The SMILES string of the molecule is O=Cc1cccc2nc(C(F)F)oc12. The zero-order valence-corrected chi connectivity index (χ0v) is 6.91. The Morgan fingerprint density at radius 1 is 1.43 bits per heavy atom.